The summed E-state index contributed by atoms with van der Waals surface area (Å²) in [6.45, 7) is 0. The fraction of sp³-hybridized carbons (Fsp3) is 0.182. The molecule has 1 aromatic carbocycles. The molecule has 0 amide bonds. The molecule has 1 aromatic heterocycles. The Kier molecular flexibility index (Phi) is 2.97. The van der Waals surface area contributed by atoms with Crippen LogP contribution < -0.4 is 15.2 Å². The predicted octanol–water partition coefficient (Wildman–Crippen LogP) is 1.52. The Balaban J connectivity index is 2.79. The number of nitrogens with one attached hydrogen (secondary N) is 1. The highest BCUT2D eigenvalue weighted by atomic mass is 19.1. The highest BCUT2D eigenvalue weighted by Gasteiger charge is 2.23. The fourth-order valence-corrected chi connectivity index (χ4v) is 1.70. The predicted molar refractivity (Wildman–Crippen MR) is 63.2 cm³/mol. The molecule has 0 unspecified atom stereocenters. The summed E-state index contributed by atoms with van der Waals surface area (Å²) in [4.78, 5) is 0. The zero-order valence-corrected chi connectivity index (χ0v) is 9.82. The zero-order valence-electron chi connectivity index (χ0n) is 9.82. The highest BCUT2D eigenvalue weighted by molar-refractivity contribution is 5.84. The van der Waals surface area contributed by atoms with Crippen molar-refractivity contribution < 1.29 is 19.0 Å². The quantitative estimate of drug-likeness (QED) is 0.771. The average Bonchev–Trinajstić information content (AvgIpc) is 2.78. The number of halogens is 1. The topological polar surface area (TPSA) is 93.4 Å². The minimum Gasteiger partial charge on any atom is -0.504 e. The normalized spacial score (nSPS) is 10.4. The third-order valence-corrected chi connectivity index (χ3v) is 2.53. The monoisotopic (exact) mass is 253 g/mol. The first-order valence-electron chi connectivity index (χ1n) is 5.02. The molecular weight excluding hydrogens is 241 g/mol. The van der Waals surface area contributed by atoms with Gasteiger partial charge in [-0.15, -0.1) is 0 Å². The van der Waals surface area contributed by atoms with Gasteiger partial charge in [0.15, 0.2) is 23.1 Å². The summed E-state index contributed by atoms with van der Waals surface area (Å²) in [7, 11) is 2.76. The van der Waals surface area contributed by atoms with E-state index in [-0.39, 0.29) is 22.9 Å². The van der Waals surface area contributed by atoms with Crippen molar-refractivity contribution in [3.8, 4) is 28.4 Å². The van der Waals surface area contributed by atoms with Crippen molar-refractivity contribution >= 4 is 5.82 Å². The van der Waals surface area contributed by atoms with Crippen molar-refractivity contribution in [2.45, 2.75) is 0 Å². The molecule has 0 radical (unpaired) electrons. The Bertz CT molecular complexity index is 583. The minimum absolute atomic E-state index is 0.0978. The number of phenolic OH excluding ortho intramolecular Hbond substituents is 1. The molecule has 2 rings (SSSR count). The van der Waals surface area contributed by atoms with Crippen molar-refractivity contribution in [2.75, 3.05) is 20.0 Å². The number of aromatic amines is 1. The van der Waals surface area contributed by atoms with Crippen molar-refractivity contribution in [1.82, 2.24) is 10.2 Å². The maximum absolute atomic E-state index is 13.6. The van der Waals surface area contributed by atoms with Gasteiger partial charge in [0, 0.05) is 6.07 Å². The average molecular weight is 253 g/mol. The number of nitrogens with two attached hydrogens (primary N) is 1. The first-order valence-corrected chi connectivity index (χ1v) is 5.02. The van der Waals surface area contributed by atoms with Gasteiger partial charge in [-0.05, 0) is 0 Å². The molecule has 0 spiro atoms. The van der Waals surface area contributed by atoms with Crippen LogP contribution in [0.2, 0.25) is 0 Å². The van der Waals surface area contributed by atoms with E-state index in [9.17, 15) is 9.50 Å². The Morgan fingerprint density at radius 1 is 1.39 bits per heavy atom. The Labute approximate surface area is 102 Å². The van der Waals surface area contributed by atoms with E-state index >= 15 is 0 Å². The Morgan fingerprint density at radius 2 is 2.11 bits per heavy atom. The standard InChI is InChI=1S/C11H12FN3O3/c1-17-7-3-6(12)9(16)8(10(7)18-2)5-4-14-15-11(5)13/h3-4,16H,1-2H3,(H3,13,14,15). The van der Waals surface area contributed by atoms with Crippen LogP contribution in [0.5, 0.6) is 17.2 Å². The van der Waals surface area contributed by atoms with E-state index in [1.807, 2.05) is 0 Å². The summed E-state index contributed by atoms with van der Waals surface area (Å²) in [5.74, 6) is -0.867. The first-order chi connectivity index (χ1) is 8.60. The third kappa shape index (κ3) is 1.69. The maximum atomic E-state index is 13.6. The zero-order chi connectivity index (χ0) is 13.3. The largest absolute Gasteiger partial charge is 0.504 e. The van der Waals surface area contributed by atoms with Crippen LogP contribution in [0.25, 0.3) is 11.1 Å². The number of hydrogen-bond acceptors (Lipinski definition) is 5. The summed E-state index contributed by atoms with van der Waals surface area (Å²) < 4.78 is 23.7. The van der Waals surface area contributed by atoms with Gasteiger partial charge < -0.3 is 20.3 Å². The number of H-pyrrole nitrogens is 1. The van der Waals surface area contributed by atoms with Crippen molar-refractivity contribution in [1.29, 1.82) is 0 Å². The molecule has 18 heavy (non-hydrogen) atoms. The molecule has 0 atom stereocenters. The number of nitrogens with zero attached hydrogens (tertiary/aromatic N) is 1. The number of phenols is 1. The van der Waals surface area contributed by atoms with E-state index in [4.69, 9.17) is 15.2 Å². The lowest BCUT2D eigenvalue weighted by atomic mass is 10.0. The van der Waals surface area contributed by atoms with Gasteiger partial charge in [-0.1, -0.05) is 0 Å². The molecule has 1 heterocycles. The van der Waals surface area contributed by atoms with Crippen LogP contribution in [0.4, 0.5) is 10.2 Å². The second-order valence-corrected chi connectivity index (χ2v) is 3.51. The molecule has 6 nitrogen and oxygen atoms in total. The number of aromatic hydroxyl groups is 1. The molecule has 0 aliphatic carbocycles. The smallest absolute Gasteiger partial charge is 0.172 e. The lowest BCUT2D eigenvalue weighted by Gasteiger charge is -2.14. The minimum atomic E-state index is -0.830. The number of hydrogen-bond donors (Lipinski definition) is 3. The van der Waals surface area contributed by atoms with E-state index in [1.54, 1.807) is 0 Å². The van der Waals surface area contributed by atoms with Gasteiger partial charge in [0.05, 0.1) is 31.5 Å². The van der Waals surface area contributed by atoms with Crippen LogP contribution in [-0.4, -0.2) is 29.5 Å². The molecule has 0 saturated carbocycles. The summed E-state index contributed by atoms with van der Waals surface area (Å²) in [6, 6.07) is 1.04. The molecule has 2 aromatic rings. The molecule has 7 heteroatoms. The highest BCUT2D eigenvalue weighted by Crippen LogP contribution is 2.46. The van der Waals surface area contributed by atoms with Gasteiger partial charge in [-0.25, -0.2) is 4.39 Å². The molecule has 0 fully saturated rings. The molecule has 0 saturated heterocycles. The van der Waals surface area contributed by atoms with Crippen LogP contribution in [0, 0.1) is 5.82 Å². The fourth-order valence-electron chi connectivity index (χ4n) is 1.70. The molecule has 0 aliphatic rings. The summed E-state index contributed by atoms with van der Waals surface area (Å²) >= 11 is 0. The number of nitrogen functional groups attached to an aromatic ring is 1. The van der Waals surface area contributed by atoms with Gasteiger partial charge in [-0.2, -0.15) is 5.10 Å². The van der Waals surface area contributed by atoms with Crippen LogP contribution in [0.1, 0.15) is 0 Å². The van der Waals surface area contributed by atoms with Gasteiger partial charge in [0.25, 0.3) is 0 Å². The Hall–Kier alpha value is -2.44. The van der Waals surface area contributed by atoms with Crippen molar-refractivity contribution in [3.05, 3.63) is 18.1 Å². The summed E-state index contributed by atoms with van der Waals surface area (Å²) in [6.07, 6.45) is 1.37. The second kappa shape index (κ2) is 4.44. The van der Waals surface area contributed by atoms with Crippen molar-refractivity contribution in [3.63, 3.8) is 0 Å². The number of anilines is 1. The maximum Gasteiger partial charge on any atom is 0.172 e. The summed E-state index contributed by atoms with van der Waals surface area (Å²) in [5, 5.41) is 16.0. The van der Waals surface area contributed by atoms with Crippen LogP contribution in [-0.2, 0) is 0 Å². The molecule has 96 valence electrons. The van der Waals surface area contributed by atoms with E-state index in [2.05, 4.69) is 10.2 Å². The number of methoxy groups -OCH3 is 2. The molecule has 0 bridgehead atoms. The SMILES string of the molecule is COc1cc(F)c(O)c(-c2cn[nH]c2N)c1OC. The van der Waals surface area contributed by atoms with E-state index < -0.39 is 11.6 Å². The number of benzene rings is 1. The lowest BCUT2D eigenvalue weighted by Crippen LogP contribution is -1.97. The van der Waals surface area contributed by atoms with Gasteiger partial charge in [0.1, 0.15) is 5.82 Å². The van der Waals surface area contributed by atoms with Crippen LogP contribution in [0.3, 0.4) is 0 Å². The second-order valence-electron chi connectivity index (χ2n) is 3.51. The van der Waals surface area contributed by atoms with Gasteiger partial charge >= 0.3 is 0 Å². The van der Waals surface area contributed by atoms with Crippen molar-refractivity contribution in [2.24, 2.45) is 0 Å². The molecule has 0 aliphatic heterocycles. The number of rotatable bonds is 3. The van der Waals surface area contributed by atoms with E-state index in [0.29, 0.717) is 5.56 Å². The van der Waals surface area contributed by atoms with E-state index in [1.165, 1.54) is 20.4 Å². The number of aromatic nitrogens is 2. The first kappa shape index (κ1) is 12.0. The number of ether oxygens (including phenoxy) is 2. The summed E-state index contributed by atoms with van der Waals surface area (Å²) in [5.41, 5.74) is 6.09. The van der Waals surface area contributed by atoms with Crippen LogP contribution in [0.15, 0.2) is 12.3 Å². The molecular formula is C11H12FN3O3. The van der Waals surface area contributed by atoms with Gasteiger partial charge in [0.2, 0.25) is 0 Å². The lowest BCUT2D eigenvalue weighted by molar-refractivity contribution is 0.347. The Morgan fingerprint density at radius 3 is 2.61 bits per heavy atom. The molecule has 4 N–H and O–H groups in total. The van der Waals surface area contributed by atoms with Crippen LogP contribution >= 0.6 is 0 Å². The van der Waals surface area contributed by atoms with E-state index in [0.717, 1.165) is 6.07 Å². The van der Waals surface area contributed by atoms with Gasteiger partial charge in [-0.3, -0.25) is 5.10 Å². The third-order valence-electron chi connectivity index (χ3n) is 2.53.